The molecule has 2 unspecified atom stereocenters. The highest BCUT2D eigenvalue weighted by molar-refractivity contribution is 7.96. The van der Waals surface area contributed by atoms with Crippen LogP contribution in [0.4, 0.5) is 0 Å². The van der Waals surface area contributed by atoms with Crippen molar-refractivity contribution >= 4 is 39.7 Å². The average molecular weight is 481 g/mol. The molecular formula is C14H28N2O8S4. The Morgan fingerprint density at radius 1 is 0.643 bits per heavy atom. The van der Waals surface area contributed by atoms with E-state index in [0.29, 0.717) is 25.7 Å². The predicted molar refractivity (Wildman–Crippen MR) is 106 cm³/mol. The number of unbranched alkanes of at least 4 members (excludes halogenated alkanes) is 3. The molecule has 10 nitrogen and oxygen atoms in total. The summed E-state index contributed by atoms with van der Waals surface area (Å²) in [5.74, 6) is -0.849. The van der Waals surface area contributed by atoms with Crippen molar-refractivity contribution in [1.82, 2.24) is 9.44 Å². The van der Waals surface area contributed by atoms with Gasteiger partial charge in [0.25, 0.3) is 0 Å². The Labute approximate surface area is 167 Å². The monoisotopic (exact) mass is 480 g/mol. The summed E-state index contributed by atoms with van der Waals surface area (Å²) in [6.07, 6.45) is 2.74. The number of sulfone groups is 2. The van der Waals surface area contributed by atoms with Gasteiger partial charge in [-0.05, 0) is 25.7 Å². The third-order valence-corrected chi connectivity index (χ3v) is 12.7. The van der Waals surface area contributed by atoms with Crippen molar-refractivity contribution in [2.45, 2.75) is 49.0 Å². The molecule has 2 saturated heterocycles. The van der Waals surface area contributed by atoms with Gasteiger partial charge in [0.15, 0.2) is 19.7 Å². The Kier molecular flexibility index (Phi) is 7.92. The number of sulfonamides is 2. The minimum atomic E-state index is -3.64. The summed E-state index contributed by atoms with van der Waals surface area (Å²) in [6, 6.07) is 0. The predicted octanol–water partition coefficient (Wildman–Crippen LogP) is -1.24. The summed E-state index contributed by atoms with van der Waals surface area (Å²) in [5.41, 5.74) is 0. The maximum atomic E-state index is 12.0. The van der Waals surface area contributed by atoms with Crippen LogP contribution in [0.25, 0.3) is 0 Å². The first-order valence-corrected chi connectivity index (χ1v) is 15.9. The lowest BCUT2D eigenvalue weighted by atomic mass is 10.2. The van der Waals surface area contributed by atoms with Crippen LogP contribution in [0.5, 0.6) is 0 Å². The average Bonchev–Trinajstić information content (AvgIpc) is 3.12. The van der Waals surface area contributed by atoms with Gasteiger partial charge in [-0.1, -0.05) is 12.8 Å². The van der Waals surface area contributed by atoms with E-state index in [4.69, 9.17) is 0 Å². The molecule has 2 atom stereocenters. The highest BCUT2D eigenvalue weighted by Gasteiger charge is 2.37. The number of nitrogens with one attached hydrogen (secondary N) is 2. The molecule has 0 aromatic heterocycles. The Bertz CT molecular complexity index is 875. The van der Waals surface area contributed by atoms with E-state index in [1.54, 1.807) is 0 Å². The SMILES string of the molecule is O=S1(=O)CCC(S(=O)(=O)NCCCCCCNS(=O)(=O)C2CCS(=O)(=O)C2)C1. The molecule has 0 aliphatic carbocycles. The first kappa shape index (κ1) is 24.0. The molecule has 0 saturated carbocycles. The maximum Gasteiger partial charge on any atom is 0.215 e. The van der Waals surface area contributed by atoms with Gasteiger partial charge in [-0.2, -0.15) is 0 Å². The van der Waals surface area contributed by atoms with Crippen molar-refractivity contribution in [3.8, 4) is 0 Å². The summed E-state index contributed by atoms with van der Waals surface area (Å²) < 4.78 is 98.6. The van der Waals surface area contributed by atoms with Crippen LogP contribution in [0.3, 0.4) is 0 Å². The second kappa shape index (κ2) is 9.25. The molecule has 0 spiro atoms. The minimum absolute atomic E-state index is 0.0960. The van der Waals surface area contributed by atoms with Crippen molar-refractivity contribution in [3.05, 3.63) is 0 Å². The highest BCUT2D eigenvalue weighted by atomic mass is 32.2. The normalized spacial score (nSPS) is 27.1. The molecule has 2 rings (SSSR count). The fraction of sp³-hybridized carbons (Fsp3) is 1.00. The first-order valence-electron chi connectivity index (χ1n) is 9.21. The van der Waals surface area contributed by atoms with Crippen molar-refractivity contribution < 1.29 is 33.7 Å². The molecule has 0 amide bonds. The molecule has 0 radical (unpaired) electrons. The lowest BCUT2D eigenvalue weighted by molar-refractivity contribution is 0.552. The summed E-state index contributed by atoms with van der Waals surface area (Å²) in [4.78, 5) is 0. The molecule has 0 aromatic carbocycles. The second-order valence-corrected chi connectivity index (χ2v) is 15.9. The zero-order chi connectivity index (χ0) is 21.1. The van der Waals surface area contributed by atoms with E-state index in [1.165, 1.54) is 0 Å². The van der Waals surface area contributed by atoms with E-state index in [9.17, 15) is 33.7 Å². The number of hydrogen-bond donors (Lipinski definition) is 2. The summed E-state index contributed by atoms with van der Waals surface area (Å²) >= 11 is 0. The van der Waals surface area contributed by atoms with Gasteiger partial charge in [-0.3, -0.25) is 0 Å². The van der Waals surface area contributed by atoms with E-state index in [0.717, 1.165) is 0 Å². The second-order valence-electron chi connectivity index (χ2n) is 7.34. The Hall–Kier alpha value is -0.280. The summed E-state index contributed by atoms with van der Waals surface area (Å²) in [7, 11) is -13.8. The van der Waals surface area contributed by atoms with E-state index < -0.39 is 50.2 Å². The highest BCUT2D eigenvalue weighted by Crippen LogP contribution is 2.19. The van der Waals surface area contributed by atoms with E-state index in [1.807, 2.05) is 0 Å². The Morgan fingerprint density at radius 2 is 1.00 bits per heavy atom. The maximum absolute atomic E-state index is 12.0. The molecule has 2 N–H and O–H groups in total. The zero-order valence-corrected chi connectivity index (χ0v) is 18.8. The molecule has 2 aliphatic rings. The van der Waals surface area contributed by atoms with Gasteiger partial charge in [0.2, 0.25) is 20.0 Å². The molecule has 166 valence electrons. The van der Waals surface area contributed by atoms with Crippen LogP contribution in [-0.2, 0) is 39.7 Å². The van der Waals surface area contributed by atoms with Crippen LogP contribution in [0.1, 0.15) is 38.5 Å². The van der Waals surface area contributed by atoms with Gasteiger partial charge < -0.3 is 0 Å². The standard InChI is InChI=1S/C14H28N2O8S4/c17-25(18)9-5-13(11-25)27(21,22)15-7-3-1-2-4-8-16-28(23,24)14-6-10-26(19,20)12-14/h13-16H,1-12H2. The Balaban J connectivity index is 1.57. The first-order chi connectivity index (χ1) is 12.8. The van der Waals surface area contributed by atoms with Crippen molar-refractivity contribution in [2.24, 2.45) is 0 Å². The summed E-state index contributed by atoms with van der Waals surface area (Å²) in [5, 5.41) is -1.77. The largest absolute Gasteiger partial charge is 0.229 e. The zero-order valence-electron chi connectivity index (χ0n) is 15.5. The molecule has 0 bridgehead atoms. The molecule has 28 heavy (non-hydrogen) atoms. The van der Waals surface area contributed by atoms with Gasteiger partial charge in [0.05, 0.1) is 33.5 Å². The smallest absolute Gasteiger partial charge is 0.215 e. The van der Waals surface area contributed by atoms with E-state index in [2.05, 4.69) is 9.44 Å². The lowest BCUT2D eigenvalue weighted by Crippen LogP contribution is -2.36. The third-order valence-electron chi connectivity index (χ3n) is 4.97. The van der Waals surface area contributed by atoms with Gasteiger partial charge in [0.1, 0.15) is 0 Å². The molecule has 2 fully saturated rings. The van der Waals surface area contributed by atoms with Crippen LogP contribution < -0.4 is 9.44 Å². The Morgan fingerprint density at radius 3 is 1.29 bits per heavy atom. The van der Waals surface area contributed by atoms with Crippen LogP contribution in [0, 0.1) is 0 Å². The van der Waals surface area contributed by atoms with Crippen LogP contribution in [-0.4, -0.2) is 80.3 Å². The van der Waals surface area contributed by atoms with Crippen LogP contribution in [0.15, 0.2) is 0 Å². The molecule has 0 aromatic rings. The van der Waals surface area contributed by atoms with Gasteiger partial charge in [0, 0.05) is 13.1 Å². The molecule has 2 aliphatic heterocycles. The molecule has 2 heterocycles. The number of rotatable bonds is 11. The van der Waals surface area contributed by atoms with Crippen molar-refractivity contribution in [2.75, 3.05) is 36.1 Å². The van der Waals surface area contributed by atoms with Crippen molar-refractivity contribution in [3.63, 3.8) is 0 Å². The fourth-order valence-electron chi connectivity index (χ4n) is 3.28. The van der Waals surface area contributed by atoms with E-state index in [-0.39, 0.29) is 48.9 Å². The topological polar surface area (TPSA) is 161 Å². The van der Waals surface area contributed by atoms with Crippen LogP contribution >= 0.6 is 0 Å². The van der Waals surface area contributed by atoms with E-state index >= 15 is 0 Å². The van der Waals surface area contributed by atoms with Gasteiger partial charge in [-0.25, -0.2) is 43.1 Å². The third kappa shape index (κ3) is 7.20. The fourth-order valence-corrected chi connectivity index (χ4v) is 11.5. The van der Waals surface area contributed by atoms with Crippen molar-refractivity contribution in [1.29, 1.82) is 0 Å². The number of hydrogen-bond acceptors (Lipinski definition) is 8. The molecular weight excluding hydrogens is 452 g/mol. The quantitative estimate of drug-likeness (QED) is 0.347. The minimum Gasteiger partial charge on any atom is -0.229 e. The summed E-state index contributed by atoms with van der Waals surface area (Å²) in [6.45, 7) is 0.426. The molecule has 14 heteroatoms. The van der Waals surface area contributed by atoms with Gasteiger partial charge in [-0.15, -0.1) is 0 Å². The van der Waals surface area contributed by atoms with Crippen LogP contribution in [0.2, 0.25) is 0 Å². The van der Waals surface area contributed by atoms with Gasteiger partial charge >= 0.3 is 0 Å². The lowest BCUT2D eigenvalue weighted by Gasteiger charge is -2.12.